The molecule has 0 aliphatic carbocycles. The van der Waals surface area contributed by atoms with Gasteiger partial charge in [-0.15, -0.1) is 0 Å². The normalized spacial score (nSPS) is 17.3. The summed E-state index contributed by atoms with van der Waals surface area (Å²) in [6.07, 6.45) is 4.64. The van der Waals surface area contributed by atoms with Crippen molar-refractivity contribution < 1.29 is 18.3 Å². The maximum absolute atomic E-state index is 12.6. The van der Waals surface area contributed by atoms with E-state index in [1.54, 1.807) is 29.6 Å². The third kappa shape index (κ3) is 2.29. The van der Waals surface area contributed by atoms with Crippen molar-refractivity contribution in [3.8, 4) is 5.75 Å². The lowest BCUT2D eigenvalue weighted by Gasteiger charge is -2.30. The summed E-state index contributed by atoms with van der Waals surface area (Å²) in [5, 5.41) is 4.42. The standard InChI is InChI=1S/C15H13F2N5O2/c16-15(17)24-12-2-1-4-22-11(12)6-10(20-22)14-13-9(18-7-19-13)3-5-21(14)8-23/h1-2,4,6-8,14-15H,3,5H2,(H,18,19). The molecule has 7 nitrogen and oxygen atoms in total. The van der Waals surface area contributed by atoms with E-state index in [4.69, 9.17) is 0 Å². The number of ether oxygens (including phenoxy) is 1. The van der Waals surface area contributed by atoms with Gasteiger partial charge in [0, 0.05) is 24.9 Å². The van der Waals surface area contributed by atoms with Crippen LogP contribution in [0, 0.1) is 0 Å². The highest BCUT2D eigenvalue weighted by Gasteiger charge is 2.32. The molecule has 4 heterocycles. The van der Waals surface area contributed by atoms with Crippen molar-refractivity contribution in [3.63, 3.8) is 0 Å². The van der Waals surface area contributed by atoms with E-state index in [-0.39, 0.29) is 5.75 Å². The van der Waals surface area contributed by atoms with Crippen molar-refractivity contribution in [2.75, 3.05) is 6.54 Å². The van der Waals surface area contributed by atoms with Gasteiger partial charge in [-0.2, -0.15) is 13.9 Å². The van der Waals surface area contributed by atoms with E-state index in [0.717, 1.165) is 12.1 Å². The van der Waals surface area contributed by atoms with Crippen molar-refractivity contribution in [2.24, 2.45) is 0 Å². The van der Waals surface area contributed by atoms with E-state index in [0.29, 0.717) is 29.9 Å². The lowest BCUT2D eigenvalue weighted by atomic mass is 10.0. The van der Waals surface area contributed by atoms with Crippen LogP contribution in [-0.4, -0.2) is 44.0 Å². The number of alkyl halides is 2. The number of pyridine rings is 1. The molecule has 3 aromatic heterocycles. The van der Waals surface area contributed by atoms with Gasteiger partial charge in [0.05, 0.1) is 17.7 Å². The number of carbonyl (C=O) groups excluding carboxylic acids is 1. The van der Waals surface area contributed by atoms with E-state index < -0.39 is 12.7 Å². The second kappa shape index (κ2) is 5.59. The van der Waals surface area contributed by atoms with Crippen LogP contribution in [0.5, 0.6) is 5.75 Å². The second-order valence-electron chi connectivity index (χ2n) is 5.41. The Hall–Kier alpha value is -2.97. The van der Waals surface area contributed by atoms with E-state index in [2.05, 4.69) is 19.8 Å². The van der Waals surface area contributed by atoms with Crippen LogP contribution >= 0.6 is 0 Å². The molecule has 0 saturated heterocycles. The minimum atomic E-state index is -2.92. The molecular weight excluding hydrogens is 320 g/mol. The number of aromatic nitrogens is 4. The second-order valence-corrected chi connectivity index (χ2v) is 5.41. The van der Waals surface area contributed by atoms with Gasteiger partial charge in [0.1, 0.15) is 11.6 Å². The number of imidazole rings is 1. The fraction of sp³-hybridized carbons (Fsp3) is 0.267. The molecule has 24 heavy (non-hydrogen) atoms. The van der Waals surface area contributed by atoms with Crippen molar-refractivity contribution in [3.05, 3.63) is 47.8 Å². The van der Waals surface area contributed by atoms with Gasteiger partial charge in [-0.25, -0.2) is 9.50 Å². The minimum absolute atomic E-state index is 0.0296. The molecule has 3 aromatic rings. The predicted molar refractivity (Wildman–Crippen MR) is 78.7 cm³/mol. The fourth-order valence-electron chi connectivity index (χ4n) is 3.06. The Balaban J connectivity index is 1.83. The van der Waals surface area contributed by atoms with E-state index >= 15 is 0 Å². The zero-order valence-corrected chi connectivity index (χ0v) is 12.4. The summed E-state index contributed by atoms with van der Waals surface area (Å²) < 4.78 is 31.1. The van der Waals surface area contributed by atoms with Gasteiger partial charge >= 0.3 is 6.61 Å². The molecule has 9 heteroatoms. The number of aromatic amines is 1. The summed E-state index contributed by atoms with van der Waals surface area (Å²) in [4.78, 5) is 20.4. The van der Waals surface area contributed by atoms with Crippen LogP contribution in [-0.2, 0) is 11.2 Å². The van der Waals surface area contributed by atoms with E-state index in [1.165, 1.54) is 10.6 Å². The van der Waals surface area contributed by atoms with Gasteiger partial charge in [-0.3, -0.25) is 4.79 Å². The molecule has 0 saturated carbocycles. The Morgan fingerprint density at radius 3 is 3.12 bits per heavy atom. The predicted octanol–water partition coefficient (Wildman–Crippen LogP) is 1.76. The molecule has 1 aliphatic rings. The highest BCUT2D eigenvalue weighted by atomic mass is 19.3. The zero-order valence-electron chi connectivity index (χ0n) is 12.4. The first-order chi connectivity index (χ1) is 11.7. The number of nitrogens with zero attached hydrogens (tertiary/aromatic N) is 4. The summed E-state index contributed by atoms with van der Waals surface area (Å²) in [5.41, 5.74) is 2.61. The van der Waals surface area contributed by atoms with Gasteiger partial charge in [0.2, 0.25) is 6.41 Å². The number of rotatable bonds is 4. The van der Waals surface area contributed by atoms with Gasteiger partial charge in [-0.1, -0.05) is 0 Å². The smallest absolute Gasteiger partial charge is 0.387 e. The number of hydrogen-bond donors (Lipinski definition) is 1. The number of amides is 1. The number of carbonyl (C=O) groups is 1. The quantitative estimate of drug-likeness (QED) is 0.738. The first-order valence-electron chi connectivity index (χ1n) is 7.33. The van der Waals surface area contributed by atoms with Crippen LogP contribution in [0.25, 0.3) is 5.52 Å². The molecule has 1 unspecified atom stereocenters. The van der Waals surface area contributed by atoms with Crippen molar-refractivity contribution in [2.45, 2.75) is 19.1 Å². The molecule has 0 aromatic carbocycles. The van der Waals surface area contributed by atoms with Gasteiger partial charge in [-0.05, 0) is 18.2 Å². The molecule has 1 N–H and O–H groups in total. The number of H-pyrrole nitrogens is 1. The molecule has 4 rings (SSSR count). The summed E-state index contributed by atoms with van der Waals surface area (Å²) in [5.74, 6) is 0.0296. The summed E-state index contributed by atoms with van der Waals surface area (Å²) in [6.45, 7) is -2.40. The Labute approximate surface area is 134 Å². The first-order valence-corrected chi connectivity index (χ1v) is 7.33. The van der Waals surface area contributed by atoms with Crippen molar-refractivity contribution in [1.29, 1.82) is 0 Å². The summed E-state index contributed by atoms with van der Waals surface area (Å²) >= 11 is 0. The average molecular weight is 333 g/mol. The largest absolute Gasteiger partial charge is 0.433 e. The molecule has 0 fully saturated rings. The van der Waals surface area contributed by atoms with Crippen LogP contribution in [0.2, 0.25) is 0 Å². The third-order valence-corrected chi connectivity index (χ3v) is 4.08. The van der Waals surface area contributed by atoms with Gasteiger partial charge < -0.3 is 14.6 Å². The third-order valence-electron chi connectivity index (χ3n) is 4.08. The number of hydrogen-bond acceptors (Lipinski definition) is 4. The molecule has 0 spiro atoms. The Morgan fingerprint density at radius 1 is 1.46 bits per heavy atom. The maximum Gasteiger partial charge on any atom is 0.387 e. The van der Waals surface area contributed by atoms with Gasteiger partial charge in [0.25, 0.3) is 0 Å². The first kappa shape index (κ1) is 14.6. The molecule has 0 radical (unpaired) electrons. The SMILES string of the molecule is O=CN1CCc2[nH]cnc2C1c1cc2c(OC(F)F)cccn2n1. The molecular formula is C15H13F2N5O2. The highest BCUT2D eigenvalue weighted by Crippen LogP contribution is 2.33. The maximum atomic E-state index is 12.6. The number of halogens is 2. The zero-order chi connectivity index (χ0) is 16.7. The van der Waals surface area contributed by atoms with E-state index in [9.17, 15) is 13.6 Å². The lowest BCUT2D eigenvalue weighted by Crippen LogP contribution is -2.35. The molecule has 0 bridgehead atoms. The Kier molecular flexibility index (Phi) is 3.40. The molecule has 1 amide bonds. The molecule has 1 aliphatic heterocycles. The minimum Gasteiger partial charge on any atom is -0.433 e. The molecule has 124 valence electrons. The average Bonchev–Trinajstić information content (AvgIpc) is 3.20. The molecule has 1 atom stereocenters. The number of nitrogens with one attached hydrogen (secondary N) is 1. The van der Waals surface area contributed by atoms with Crippen LogP contribution < -0.4 is 4.74 Å². The van der Waals surface area contributed by atoms with Gasteiger partial charge in [0.15, 0.2) is 5.75 Å². The number of fused-ring (bicyclic) bond motifs is 2. The summed E-state index contributed by atoms with van der Waals surface area (Å²) in [6, 6.07) is 4.20. The monoisotopic (exact) mass is 333 g/mol. The lowest BCUT2D eigenvalue weighted by molar-refractivity contribution is -0.120. The van der Waals surface area contributed by atoms with Crippen molar-refractivity contribution >= 4 is 11.9 Å². The van der Waals surface area contributed by atoms with Crippen molar-refractivity contribution in [1.82, 2.24) is 24.5 Å². The van der Waals surface area contributed by atoms with E-state index in [1.807, 2.05) is 0 Å². The van der Waals surface area contributed by atoms with Crippen LogP contribution in [0.3, 0.4) is 0 Å². The van der Waals surface area contributed by atoms with Crippen LogP contribution in [0.4, 0.5) is 8.78 Å². The topological polar surface area (TPSA) is 75.5 Å². The summed E-state index contributed by atoms with van der Waals surface area (Å²) in [7, 11) is 0. The Morgan fingerprint density at radius 2 is 2.33 bits per heavy atom. The highest BCUT2D eigenvalue weighted by molar-refractivity contribution is 5.62. The van der Waals surface area contributed by atoms with Crippen LogP contribution in [0.1, 0.15) is 23.1 Å². The van der Waals surface area contributed by atoms with Crippen LogP contribution in [0.15, 0.2) is 30.7 Å². The Bertz CT molecular complexity index is 891. The fourth-order valence-corrected chi connectivity index (χ4v) is 3.06.